The summed E-state index contributed by atoms with van der Waals surface area (Å²) in [7, 11) is 0. The number of nitrogens with one attached hydrogen (secondary N) is 1. The molecule has 5 heteroatoms. The molecule has 1 aromatic heterocycles. The maximum Gasteiger partial charge on any atom is 0.234 e. The number of nitrogens with zero attached hydrogens (tertiary/aromatic N) is 1. The minimum absolute atomic E-state index is 0.105. The second kappa shape index (κ2) is 9.13. The summed E-state index contributed by atoms with van der Waals surface area (Å²) in [5.74, 6) is 0.105. The second-order valence-electron chi connectivity index (χ2n) is 6.44. The van der Waals surface area contributed by atoms with Gasteiger partial charge in [-0.2, -0.15) is 0 Å². The number of fused-ring (bicyclic) bond motifs is 1. The highest BCUT2D eigenvalue weighted by atomic mass is 32.1. The van der Waals surface area contributed by atoms with Crippen LogP contribution in [0.25, 0.3) is 0 Å². The van der Waals surface area contributed by atoms with E-state index in [9.17, 15) is 4.79 Å². The molecular formula is C20H26N2O2S. The predicted molar refractivity (Wildman–Crippen MR) is 102 cm³/mol. The first-order chi connectivity index (χ1) is 12.2. The van der Waals surface area contributed by atoms with Gasteiger partial charge in [-0.1, -0.05) is 30.3 Å². The Hall–Kier alpha value is -1.69. The third-order valence-electron chi connectivity index (χ3n) is 4.65. The third-order valence-corrected chi connectivity index (χ3v) is 5.65. The lowest BCUT2D eigenvalue weighted by Crippen LogP contribution is -2.41. The molecule has 1 N–H and O–H groups in total. The average Bonchev–Trinajstić information content (AvgIpc) is 3.11. The van der Waals surface area contributed by atoms with E-state index in [2.05, 4.69) is 40.7 Å². The summed E-state index contributed by atoms with van der Waals surface area (Å²) in [6.07, 6.45) is 1.89. The lowest BCUT2D eigenvalue weighted by molar-refractivity contribution is -0.122. The Kier molecular flexibility index (Phi) is 6.62. The Morgan fingerprint density at radius 3 is 3.00 bits per heavy atom. The molecule has 1 aliphatic heterocycles. The van der Waals surface area contributed by atoms with Gasteiger partial charge in [0.1, 0.15) is 0 Å². The van der Waals surface area contributed by atoms with E-state index >= 15 is 0 Å². The van der Waals surface area contributed by atoms with Gasteiger partial charge in [-0.05, 0) is 42.3 Å². The van der Waals surface area contributed by atoms with E-state index in [1.54, 1.807) is 0 Å². The van der Waals surface area contributed by atoms with Crippen molar-refractivity contribution >= 4 is 17.2 Å². The van der Waals surface area contributed by atoms with E-state index in [1.807, 2.05) is 29.5 Å². The van der Waals surface area contributed by atoms with Gasteiger partial charge >= 0.3 is 0 Å². The highest BCUT2D eigenvalue weighted by Crippen LogP contribution is 2.32. The summed E-state index contributed by atoms with van der Waals surface area (Å²) >= 11 is 1.83. The molecule has 0 saturated carbocycles. The van der Waals surface area contributed by atoms with Gasteiger partial charge in [-0.3, -0.25) is 9.69 Å². The Morgan fingerprint density at radius 2 is 2.16 bits per heavy atom. The largest absolute Gasteiger partial charge is 0.377 e. The lowest BCUT2D eigenvalue weighted by atomic mass is 10.0. The fraction of sp³-hybridized carbons (Fsp3) is 0.450. The van der Waals surface area contributed by atoms with Gasteiger partial charge in [-0.15, -0.1) is 11.3 Å². The third kappa shape index (κ3) is 5.14. The summed E-state index contributed by atoms with van der Waals surface area (Å²) in [4.78, 5) is 15.9. The van der Waals surface area contributed by atoms with Crippen LogP contribution in [0, 0.1) is 0 Å². The van der Waals surface area contributed by atoms with Crippen LogP contribution in [0.2, 0.25) is 0 Å². The number of ether oxygens (including phenoxy) is 1. The highest BCUT2D eigenvalue weighted by Gasteiger charge is 2.25. The molecule has 0 spiro atoms. The fourth-order valence-corrected chi connectivity index (χ4v) is 4.15. The molecule has 3 rings (SSSR count). The summed E-state index contributed by atoms with van der Waals surface area (Å²) in [5, 5.41) is 5.16. The van der Waals surface area contributed by atoms with Crippen molar-refractivity contribution in [2.75, 3.05) is 26.2 Å². The van der Waals surface area contributed by atoms with Crippen molar-refractivity contribution in [2.24, 2.45) is 0 Å². The zero-order valence-electron chi connectivity index (χ0n) is 14.7. The van der Waals surface area contributed by atoms with Crippen LogP contribution in [-0.2, 0) is 22.6 Å². The average molecular weight is 359 g/mol. The molecule has 25 heavy (non-hydrogen) atoms. The van der Waals surface area contributed by atoms with E-state index < -0.39 is 0 Å². The topological polar surface area (TPSA) is 41.6 Å². The van der Waals surface area contributed by atoms with Crippen molar-refractivity contribution < 1.29 is 9.53 Å². The molecule has 1 aromatic carbocycles. The Bertz CT molecular complexity index is 671. The van der Waals surface area contributed by atoms with Crippen molar-refractivity contribution in [1.29, 1.82) is 0 Å². The van der Waals surface area contributed by atoms with Crippen molar-refractivity contribution in [3.8, 4) is 0 Å². The van der Waals surface area contributed by atoms with Gasteiger partial charge in [0.15, 0.2) is 0 Å². The van der Waals surface area contributed by atoms with Gasteiger partial charge in [0.2, 0.25) is 5.91 Å². The number of carbonyl (C=O) groups is 1. The van der Waals surface area contributed by atoms with Crippen LogP contribution in [-0.4, -0.2) is 37.0 Å². The first-order valence-corrected chi connectivity index (χ1v) is 9.80. The number of amides is 1. The summed E-state index contributed by atoms with van der Waals surface area (Å²) in [5.41, 5.74) is 2.57. The minimum atomic E-state index is 0.105. The Balaban J connectivity index is 1.30. The quantitative estimate of drug-likeness (QED) is 0.736. The standard InChI is InChI=1S/C20H26N2O2S/c1-16-18-9-13-25-19(18)8-11-22(16)14-20(23)21-10-5-12-24-15-17-6-3-2-4-7-17/h2-4,6-7,9,13,16H,5,8,10-12,14-15H2,1H3,(H,21,23). The van der Waals surface area contributed by atoms with Crippen LogP contribution in [0.1, 0.15) is 35.4 Å². The predicted octanol–water partition coefficient (Wildman–Crippen LogP) is 3.39. The molecule has 4 nitrogen and oxygen atoms in total. The first kappa shape index (κ1) is 18.1. The zero-order valence-corrected chi connectivity index (χ0v) is 15.6. The van der Waals surface area contributed by atoms with Crippen molar-refractivity contribution in [3.63, 3.8) is 0 Å². The molecule has 0 radical (unpaired) electrons. The number of hydrogen-bond acceptors (Lipinski definition) is 4. The van der Waals surface area contributed by atoms with E-state index in [0.717, 1.165) is 19.4 Å². The van der Waals surface area contributed by atoms with Crippen LogP contribution in [0.5, 0.6) is 0 Å². The maximum absolute atomic E-state index is 12.2. The molecule has 2 aromatic rings. The van der Waals surface area contributed by atoms with Crippen LogP contribution in [0.3, 0.4) is 0 Å². The molecule has 0 saturated heterocycles. The van der Waals surface area contributed by atoms with Crippen LogP contribution < -0.4 is 5.32 Å². The maximum atomic E-state index is 12.2. The summed E-state index contributed by atoms with van der Waals surface area (Å²) in [6, 6.07) is 12.7. The highest BCUT2D eigenvalue weighted by molar-refractivity contribution is 7.10. The monoisotopic (exact) mass is 358 g/mol. The van der Waals surface area contributed by atoms with E-state index in [0.29, 0.717) is 32.3 Å². The van der Waals surface area contributed by atoms with E-state index in [4.69, 9.17) is 4.74 Å². The summed E-state index contributed by atoms with van der Waals surface area (Å²) < 4.78 is 5.64. The first-order valence-electron chi connectivity index (χ1n) is 8.92. The molecular weight excluding hydrogens is 332 g/mol. The van der Waals surface area contributed by atoms with Gasteiger partial charge in [0.25, 0.3) is 0 Å². The Labute approximate surface area is 153 Å². The molecule has 1 amide bonds. The fourth-order valence-electron chi connectivity index (χ4n) is 3.18. The molecule has 1 aliphatic rings. The smallest absolute Gasteiger partial charge is 0.234 e. The molecule has 0 fully saturated rings. The van der Waals surface area contributed by atoms with Gasteiger partial charge in [0, 0.05) is 30.6 Å². The van der Waals surface area contributed by atoms with Crippen LogP contribution >= 0.6 is 11.3 Å². The number of rotatable bonds is 8. The van der Waals surface area contributed by atoms with Gasteiger partial charge < -0.3 is 10.1 Å². The molecule has 0 aliphatic carbocycles. The van der Waals surface area contributed by atoms with Crippen molar-refractivity contribution in [1.82, 2.24) is 10.2 Å². The van der Waals surface area contributed by atoms with Gasteiger partial charge in [-0.25, -0.2) is 0 Å². The zero-order chi connectivity index (χ0) is 17.5. The molecule has 1 unspecified atom stereocenters. The normalized spacial score (nSPS) is 17.2. The van der Waals surface area contributed by atoms with E-state index in [-0.39, 0.29) is 5.91 Å². The van der Waals surface area contributed by atoms with Crippen LogP contribution in [0.15, 0.2) is 41.8 Å². The number of carbonyl (C=O) groups excluding carboxylic acids is 1. The van der Waals surface area contributed by atoms with E-state index in [1.165, 1.54) is 16.0 Å². The Morgan fingerprint density at radius 1 is 1.32 bits per heavy atom. The van der Waals surface area contributed by atoms with Crippen molar-refractivity contribution in [2.45, 2.75) is 32.4 Å². The minimum Gasteiger partial charge on any atom is -0.377 e. The molecule has 1 atom stereocenters. The number of benzene rings is 1. The molecule has 134 valence electrons. The molecule has 0 bridgehead atoms. The second-order valence-corrected chi connectivity index (χ2v) is 7.44. The molecule has 2 heterocycles. The van der Waals surface area contributed by atoms with Gasteiger partial charge in [0.05, 0.1) is 13.2 Å². The lowest BCUT2D eigenvalue weighted by Gasteiger charge is -2.32. The number of thiophene rings is 1. The summed E-state index contributed by atoms with van der Waals surface area (Å²) in [6.45, 7) is 5.58. The number of hydrogen-bond donors (Lipinski definition) is 1. The SMILES string of the molecule is CC1c2ccsc2CCN1CC(=O)NCCCOCc1ccccc1. The van der Waals surface area contributed by atoms with Crippen LogP contribution in [0.4, 0.5) is 0 Å². The van der Waals surface area contributed by atoms with Crippen molar-refractivity contribution in [3.05, 3.63) is 57.8 Å².